The minimum Gasteiger partial charge on any atom is -0.344 e. The standard InChI is InChI=1S/C17H21ClN2O2/c1-12(2)9-10-20(11-13-3-5-14(18)6-4-13)17(22)15-7-8-16(21)19-15/h3-6,9,15H,7-8,10-11H2,1-2H3,(H,19,21)/t15-/m1/s1. The number of hydrogen-bond acceptors (Lipinski definition) is 2. The van der Waals surface area contributed by atoms with E-state index in [2.05, 4.69) is 5.32 Å². The van der Waals surface area contributed by atoms with Crippen LogP contribution in [0.3, 0.4) is 0 Å². The maximum absolute atomic E-state index is 12.6. The van der Waals surface area contributed by atoms with Gasteiger partial charge in [0, 0.05) is 24.5 Å². The number of hydrogen-bond donors (Lipinski definition) is 1. The van der Waals surface area contributed by atoms with Crippen LogP contribution in [0.2, 0.25) is 5.02 Å². The molecule has 2 rings (SSSR count). The molecular weight excluding hydrogens is 300 g/mol. The molecule has 0 bridgehead atoms. The topological polar surface area (TPSA) is 49.4 Å². The molecule has 1 aromatic carbocycles. The highest BCUT2D eigenvalue weighted by molar-refractivity contribution is 6.30. The highest BCUT2D eigenvalue weighted by Gasteiger charge is 2.30. The Bertz CT molecular complexity index is 577. The summed E-state index contributed by atoms with van der Waals surface area (Å²) < 4.78 is 0. The maximum atomic E-state index is 12.6. The van der Waals surface area contributed by atoms with Crippen molar-refractivity contribution in [3.63, 3.8) is 0 Å². The van der Waals surface area contributed by atoms with Gasteiger partial charge in [-0.2, -0.15) is 0 Å². The summed E-state index contributed by atoms with van der Waals surface area (Å²) in [5, 5.41) is 3.42. The van der Waals surface area contributed by atoms with Crippen molar-refractivity contribution in [2.24, 2.45) is 0 Å². The van der Waals surface area contributed by atoms with E-state index in [1.54, 1.807) is 4.90 Å². The maximum Gasteiger partial charge on any atom is 0.245 e. The van der Waals surface area contributed by atoms with Crippen molar-refractivity contribution in [1.29, 1.82) is 0 Å². The molecule has 1 atom stereocenters. The van der Waals surface area contributed by atoms with Crippen molar-refractivity contribution in [1.82, 2.24) is 10.2 Å². The molecule has 1 fully saturated rings. The Hall–Kier alpha value is -1.81. The molecule has 1 aliphatic heterocycles. The summed E-state index contributed by atoms with van der Waals surface area (Å²) in [5.41, 5.74) is 2.17. The van der Waals surface area contributed by atoms with Gasteiger partial charge in [-0.3, -0.25) is 9.59 Å². The van der Waals surface area contributed by atoms with Gasteiger partial charge in [-0.1, -0.05) is 35.4 Å². The van der Waals surface area contributed by atoms with Crippen LogP contribution in [-0.4, -0.2) is 29.3 Å². The minimum absolute atomic E-state index is 0.0294. The van der Waals surface area contributed by atoms with E-state index < -0.39 is 6.04 Å². The van der Waals surface area contributed by atoms with Crippen molar-refractivity contribution in [3.05, 3.63) is 46.5 Å². The van der Waals surface area contributed by atoms with Gasteiger partial charge in [0.1, 0.15) is 6.04 Å². The lowest BCUT2D eigenvalue weighted by Crippen LogP contribution is -2.44. The molecule has 118 valence electrons. The summed E-state index contributed by atoms with van der Waals surface area (Å²) in [7, 11) is 0. The van der Waals surface area contributed by atoms with Gasteiger partial charge in [-0.15, -0.1) is 0 Å². The second-order valence-electron chi connectivity index (χ2n) is 5.79. The van der Waals surface area contributed by atoms with Crippen molar-refractivity contribution in [2.75, 3.05) is 6.54 Å². The number of amides is 2. The fraction of sp³-hybridized carbons (Fsp3) is 0.412. The summed E-state index contributed by atoms with van der Waals surface area (Å²) in [6.07, 6.45) is 3.02. The Morgan fingerprint density at radius 1 is 1.36 bits per heavy atom. The van der Waals surface area contributed by atoms with Crippen LogP contribution in [0.5, 0.6) is 0 Å². The number of rotatable bonds is 5. The molecule has 22 heavy (non-hydrogen) atoms. The number of carbonyl (C=O) groups excluding carboxylic acids is 2. The number of halogens is 1. The molecule has 0 radical (unpaired) electrons. The average molecular weight is 321 g/mol. The van der Waals surface area contributed by atoms with Gasteiger partial charge < -0.3 is 10.2 Å². The van der Waals surface area contributed by atoms with Gasteiger partial charge in [-0.25, -0.2) is 0 Å². The third-order valence-electron chi connectivity index (χ3n) is 3.61. The van der Waals surface area contributed by atoms with Gasteiger partial charge in [-0.05, 0) is 38.0 Å². The third kappa shape index (κ3) is 4.60. The molecule has 5 heteroatoms. The molecule has 0 aromatic heterocycles. The van der Waals surface area contributed by atoms with Crippen LogP contribution < -0.4 is 5.32 Å². The molecule has 1 saturated heterocycles. The lowest BCUT2D eigenvalue weighted by Gasteiger charge is -2.25. The summed E-state index contributed by atoms with van der Waals surface area (Å²) in [6.45, 7) is 5.05. The molecule has 1 aromatic rings. The van der Waals surface area contributed by atoms with E-state index in [9.17, 15) is 9.59 Å². The van der Waals surface area contributed by atoms with Gasteiger partial charge in [0.15, 0.2) is 0 Å². The quantitative estimate of drug-likeness (QED) is 0.848. The van der Waals surface area contributed by atoms with Gasteiger partial charge in [0.25, 0.3) is 0 Å². The molecule has 2 amide bonds. The number of allylic oxidation sites excluding steroid dienone is 1. The Morgan fingerprint density at radius 3 is 2.59 bits per heavy atom. The largest absolute Gasteiger partial charge is 0.344 e. The monoisotopic (exact) mass is 320 g/mol. The first kappa shape index (κ1) is 16.6. The molecule has 1 heterocycles. The Balaban J connectivity index is 2.11. The van der Waals surface area contributed by atoms with Gasteiger partial charge in [0.05, 0.1) is 0 Å². The highest BCUT2D eigenvalue weighted by atomic mass is 35.5. The number of nitrogens with one attached hydrogen (secondary N) is 1. The smallest absolute Gasteiger partial charge is 0.245 e. The van der Waals surface area contributed by atoms with Gasteiger partial charge in [0.2, 0.25) is 11.8 Å². The van der Waals surface area contributed by atoms with E-state index >= 15 is 0 Å². The fourth-order valence-corrected chi connectivity index (χ4v) is 2.48. The predicted molar refractivity (Wildman–Crippen MR) is 87.5 cm³/mol. The number of benzene rings is 1. The van der Waals surface area contributed by atoms with Crippen molar-refractivity contribution < 1.29 is 9.59 Å². The Morgan fingerprint density at radius 2 is 2.05 bits per heavy atom. The van der Waals surface area contributed by atoms with Crippen molar-refractivity contribution in [3.8, 4) is 0 Å². The van der Waals surface area contributed by atoms with Crippen LogP contribution in [0.1, 0.15) is 32.3 Å². The van der Waals surface area contributed by atoms with Crippen molar-refractivity contribution >= 4 is 23.4 Å². The zero-order valence-electron chi connectivity index (χ0n) is 12.9. The first-order chi connectivity index (χ1) is 10.5. The molecule has 0 saturated carbocycles. The molecule has 1 N–H and O–H groups in total. The Kier molecular flexibility index (Phi) is 5.61. The Labute approximate surface area is 136 Å². The second kappa shape index (κ2) is 7.45. The van der Waals surface area contributed by atoms with Crippen molar-refractivity contribution in [2.45, 2.75) is 39.3 Å². The SMILES string of the molecule is CC(C)=CCN(Cc1ccc(Cl)cc1)C(=O)[C@H]1CCC(=O)N1. The van der Waals surface area contributed by atoms with E-state index in [4.69, 9.17) is 11.6 Å². The molecule has 0 aliphatic carbocycles. The van der Waals surface area contributed by atoms with Crippen LogP contribution in [0.15, 0.2) is 35.9 Å². The molecular formula is C17H21ClN2O2. The molecule has 4 nitrogen and oxygen atoms in total. The zero-order chi connectivity index (χ0) is 16.1. The van der Waals surface area contributed by atoms with Crippen LogP contribution in [0, 0.1) is 0 Å². The fourth-order valence-electron chi connectivity index (χ4n) is 2.36. The first-order valence-corrected chi connectivity index (χ1v) is 7.79. The number of nitrogens with zero attached hydrogens (tertiary/aromatic N) is 1. The molecule has 0 spiro atoms. The summed E-state index contributed by atoms with van der Waals surface area (Å²) in [4.78, 5) is 25.7. The third-order valence-corrected chi connectivity index (χ3v) is 3.86. The molecule has 0 unspecified atom stereocenters. The normalized spacial score (nSPS) is 17.0. The van der Waals surface area contributed by atoms with Crippen LogP contribution >= 0.6 is 11.6 Å². The molecule has 1 aliphatic rings. The lowest BCUT2D eigenvalue weighted by atomic mass is 10.1. The van der Waals surface area contributed by atoms with Crippen LogP contribution in [0.4, 0.5) is 0 Å². The van der Waals surface area contributed by atoms with E-state index in [-0.39, 0.29) is 11.8 Å². The second-order valence-corrected chi connectivity index (χ2v) is 6.22. The van der Waals surface area contributed by atoms with E-state index in [1.165, 1.54) is 0 Å². The summed E-state index contributed by atoms with van der Waals surface area (Å²) >= 11 is 5.90. The van der Waals surface area contributed by atoms with Crippen LogP contribution in [-0.2, 0) is 16.1 Å². The summed E-state index contributed by atoms with van der Waals surface area (Å²) in [6, 6.07) is 7.07. The predicted octanol–water partition coefficient (Wildman–Crippen LogP) is 2.91. The van der Waals surface area contributed by atoms with E-state index in [1.807, 2.05) is 44.2 Å². The minimum atomic E-state index is -0.398. The van der Waals surface area contributed by atoms with Gasteiger partial charge >= 0.3 is 0 Å². The summed E-state index contributed by atoms with van der Waals surface area (Å²) in [5.74, 6) is -0.0784. The average Bonchev–Trinajstić information content (AvgIpc) is 2.91. The first-order valence-electron chi connectivity index (χ1n) is 7.41. The van der Waals surface area contributed by atoms with Crippen LogP contribution in [0.25, 0.3) is 0 Å². The zero-order valence-corrected chi connectivity index (χ0v) is 13.7. The number of carbonyl (C=O) groups is 2. The highest BCUT2D eigenvalue weighted by Crippen LogP contribution is 2.15. The lowest BCUT2D eigenvalue weighted by molar-refractivity contribution is -0.134. The van der Waals surface area contributed by atoms with E-state index in [0.717, 1.165) is 11.1 Å². The van der Waals surface area contributed by atoms with E-state index in [0.29, 0.717) is 31.0 Å².